The lowest BCUT2D eigenvalue weighted by Crippen LogP contribution is -1.98. The maximum Gasteiger partial charge on any atom is 0.195 e. The third kappa shape index (κ3) is 5.06. The van der Waals surface area contributed by atoms with Crippen LogP contribution < -0.4 is 0 Å². The van der Waals surface area contributed by atoms with Crippen molar-refractivity contribution in [3.8, 4) is 38.8 Å². The van der Waals surface area contributed by atoms with Gasteiger partial charge in [-0.2, -0.15) is 5.26 Å². The largest absolute Gasteiger partial charge is 0.298 e. The lowest BCUT2D eigenvalue weighted by Gasteiger charge is -2.12. The fourth-order valence-corrected chi connectivity index (χ4v) is 5.19. The number of carbonyl (C=O) groups excluding carboxylic acids is 1. The SMILES string of the molecule is CCCCCc1cc(-c2cc(-c3ccc(C=O)cc3)c(F)c(F)c2F)c(-c2ccc(C#N)cc2)s1. The molecule has 0 radical (unpaired) electrons. The smallest absolute Gasteiger partial charge is 0.195 e. The molecule has 0 atom stereocenters. The number of halogens is 3. The van der Waals surface area contributed by atoms with Gasteiger partial charge in [-0.15, -0.1) is 11.3 Å². The van der Waals surface area contributed by atoms with Crippen molar-refractivity contribution in [2.24, 2.45) is 0 Å². The minimum Gasteiger partial charge on any atom is -0.298 e. The second kappa shape index (κ2) is 10.7. The monoisotopic (exact) mass is 489 g/mol. The van der Waals surface area contributed by atoms with Crippen LogP contribution in [-0.2, 0) is 6.42 Å². The summed E-state index contributed by atoms with van der Waals surface area (Å²) in [6.45, 7) is 2.11. The van der Waals surface area contributed by atoms with E-state index in [1.165, 1.54) is 41.7 Å². The van der Waals surface area contributed by atoms with E-state index in [0.717, 1.165) is 41.0 Å². The number of hydrogen-bond acceptors (Lipinski definition) is 3. The van der Waals surface area contributed by atoms with Gasteiger partial charge in [0, 0.05) is 32.0 Å². The topological polar surface area (TPSA) is 40.9 Å². The van der Waals surface area contributed by atoms with E-state index >= 15 is 4.39 Å². The van der Waals surface area contributed by atoms with Gasteiger partial charge in [0.2, 0.25) is 0 Å². The van der Waals surface area contributed by atoms with Crippen LogP contribution >= 0.6 is 11.3 Å². The molecule has 4 aromatic rings. The van der Waals surface area contributed by atoms with Crippen molar-refractivity contribution in [2.45, 2.75) is 32.6 Å². The van der Waals surface area contributed by atoms with Crippen LogP contribution in [-0.4, -0.2) is 6.29 Å². The molecule has 35 heavy (non-hydrogen) atoms. The van der Waals surface area contributed by atoms with E-state index in [4.69, 9.17) is 5.26 Å². The fourth-order valence-electron chi connectivity index (χ4n) is 3.98. The lowest BCUT2D eigenvalue weighted by molar-refractivity contribution is 0.112. The highest BCUT2D eigenvalue weighted by Gasteiger charge is 2.24. The Hall–Kier alpha value is -3.69. The van der Waals surface area contributed by atoms with E-state index < -0.39 is 17.5 Å². The average Bonchev–Trinajstić information content (AvgIpc) is 3.31. The van der Waals surface area contributed by atoms with E-state index in [9.17, 15) is 13.6 Å². The Morgan fingerprint density at radius 1 is 0.829 bits per heavy atom. The van der Waals surface area contributed by atoms with Crippen molar-refractivity contribution in [1.82, 2.24) is 0 Å². The molecule has 0 aliphatic carbocycles. The van der Waals surface area contributed by atoms with Crippen LogP contribution in [0.4, 0.5) is 13.2 Å². The van der Waals surface area contributed by atoms with Crippen LogP contribution in [0.5, 0.6) is 0 Å². The van der Waals surface area contributed by atoms with Crippen LogP contribution in [0.25, 0.3) is 32.7 Å². The van der Waals surface area contributed by atoms with Gasteiger partial charge in [0.25, 0.3) is 0 Å². The number of thiophene rings is 1. The van der Waals surface area contributed by atoms with Crippen molar-refractivity contribution in [2.75, 3.05) is 0 Å². The summed E-state index contributed by atoms with van der Waals surface area (Å²) in [4.78, 5) is 12.7. The van der Waals surface area contributed by atoms with Crippen molar-refractivity contribution in [3.05, 3.63) is 94.1 Å². The first-order valence-electron chi connectivity index (χ1n) is 11.3. The molecule has 6 heteroatoms. The summed E-state index contributed by atoms with van der Waals surface area (Å²) >= 11 is 1.49. The van der Waals surface area contributed by atoms with Crippen LogP contribution in [0.2, 0.25) is 0 Å². The van der Waals surface area contributed by atoms with E-state index in [2.05, 4.69) is 13.0 Å². The van der Waals surface area contributed by atoms with Crippen LogP contribution in [0.15, 0.2) is 60.7 Å². The molecule has 0 spiro atoms. The van der Waals surface area contributed by atoms with E-state index in [0.29, 0.717) is 28.5 Å². The van der Waals surface area contributed by atoms with Gasteiger partial charge in [-0.3, -0.25) is 4.79 Å². The molecule has 0 amide bonds. The molecule has 0 N–H and O–H groups in total. The molecule has 0 aliphatic heterocycles. The van der Waals surface area contributed by atoms with Gasteiger partial charge in [-0.25, -0.2) is 13.2 Å². The Morgan fingerprint density at radius 3 is 2.11 bits per heavy atom. The number of rotatable bonds is 8. The molecule has 176 valence electrons. The predicted molar refractivity (Wildman–Crippen MR) is 134 cm³/mol. The zero-order chi connectivity index (χ0) is 24.9. The van der Waals surface area contributed by atoms with Gasteiger partial charge in [-0.1, -0.05) is 56.2 Å². The number of nitrogens with zero attached hydrogens (tertiary/aromatic N) is 1. The molecule has 0 bridgehead atoms. The highest BCUT2D eigenvalue weighted by atomic mass is 32.1. The zero-order valence-corrected chi connectivity index (χ0v) is 19.9. The number of carbonyl (C=O) groups is 1. The average molecular weight is 490 g/mol. The number of hydrogen-bond donors (Lipinski definition) is 0. The van der Waals surface area contributed by atoms with E-state index in [1.807, 2.05) is 6.07 Å². The summed E-state index contributed by atoms with van der Waals surface area (Å²) in [5, 5.41) is 9.13. The Morgan fingerprint density at radius 2 is 1.49 bits per heavy atom. The zero-order valence-electron chi connectivity index (χ0n) is 19.1. The van der Waals surface area contributed by atoms with Gasteiger partial charge >= 0.3 is 0 Å². The van der Waals surface area contributed by atoms with Gasteiger partial charge in [0.05, 0.1) is 11.6 Å². The third-order valence-corrected chi connectivity index (χ3v) is 7.12. The molecule has 0 fully saturated rings. The molecule has 1 heterocycles. The Bertz CT molecular complexity index is 1400. The minimum absolute atomic E-state index is 0.0317. The number of aldehydes is 1. The Kier molecular flexibility index (Phi) is 7.48. The standard InChI is InChI=1S/C29H22F3NOS/c1-2-3-4-5-22-14-25(29(35-22)21-12-6-18(16-33)7-13-21)24-15-23(26(30)28(32)27(24)31)20-10-8-19(17-34)9-11-20/h6-15,17H,2-5H2,1H3. The molecular formula is C29H22F3NOS. The highest BCUT2D eigenvalue weighted by Crippen LogP contribution is 2.43. The Labute approximate surface area is 206 Å². The quantitative estimate of drug-likeness (QED) is 0.141. The van der Waals surface area contributed by atoms with Crippen LogP contribution in [0, 0.1) is 28.8 Å². The second-order valence-corrected chi connectivity index (χ2v) is 9.39. The molecule has 0 saturated heterocycles. The van der Waals surface area contributed by atoms with E-state index in [-0.39, 0.29) is 11.1 Å². The summed E-state index contributed by atoms with van der Waals surface area (Å²) < 4.78 is 44.8. The van der Waals surface area contributed by atoms with Gasteiger partial charge in [0.1, 0.15) is 6.29 Å². The molecule has 0 saturated carbocycles. The number of unbranched alkanes of at least 4 members (excludes halogenated alkanes) is 2. The summed E-state index contributed by atoms with van der Waals surface area (Å²) in [6, 6.07) is 18.2. The second-order valence-electron chi connectivity index (χ2n) is 8.26. The van der Waals surface area contributed by atoms with Crippen molar-refractivity contribution in [3.63, 3.8) is 0 Å². The first-order valence-corrected chi connectivity index (χ1v) is 12.1. The lowest BCUT2D eigenvalue weighted by atomic mass is 9.95. The number of aryl methyl sites for hydroxylation is 1. The number of benzene rings is 3. The summed E-state index contributed by atoms with van der Waals surface area (Å²) in [7, 11) is 0. The molecular weight excluding hydrogens is 467 g/mol. The molecule has 2 nitrogen and oxygen atoms in total. The van der Waals surface area contributed by atoms with Crippen LogP contribution in [0.1, 0.15) is 47.0 Å². The predicted octanol–water partition coefficient (Wildman–Crippen LogP) is 8.58. The summed E-state index contributed by atoms with van der Waals surface area (Å²) in [6.07, 6.45) is 4.54. The van der Waals surface area contributed by atoms with Crippen molar-refractivity contribution in [1.29, 1.82) is 5.26 Å². The summed E-state index contributed by atoms with van der Waals surface area (Å²) in [5.41, 5.74) is 2.37. The van der Waals surface area contributed by atoms with Crippen molar-refractivity contribution >= 4 is 17.6 Å². The number of nitriles is 1. The van der Waals surface area contributed by atoms with E-state index in [1.54, 1.807) is 24.3 Å². The maximum absolute atomic E-state index is 15.2. The molecule has 3 aromatic carbocycles. The first kappa shape index (κ1) is 24.4. The fraction of sp³-hybridized carbons (Fsp3) is 0.172. The molecule has 1 aromatic heterocycles. The minimum atomic E-state index is -1.54. The summed E-state index contributed by atoms with van der Waals surface area (Å²) in [5.74, 6) is -4.06. The van der Waals surface area contributed by atoms with Gasteiger partial charge in [0.15, 0.2) is 17.5 Å². The molecule has 0 unspecified atom stereocenters. The molecule has 0 aliphatic rings. The highest BCUT2D eigenvalue weighted by molar-refractivity contribution is 7.16. The van der Waals surface area contributed by atoms with Crippen LogP contribution in [0.3, 0.4) is 0 Å². The maximum atomic E-state index is 15.2. The van der Waals surface area contributed by atoms with Gasteiger partial charge < -0.3 is 0 Å². The molecule has 4 rings (SSSR count). The third-order valence-electron chi connectivity index (χ3n) is 5.88. The Balaban J connectivity index is 1.89. The normalized spacial score (nSPS) is 10.8. The van der Waals surface area contributed by atoms with Crippen molar-refractivity contribution < 1.29 is 18.0 Å². The van der Waals surface area contributed by atoms with Gasteiger partial charge in [-0.05, 0) is 48.2 Å². The first-order chi connectivity index (χ1) is 17.0.